The number of esters is 1. The Kier molecular flexibility index (Phi) is 8.52. The maximum absolute atomic E-state index is 12.9. The SMILES string of the molecule is COC(=O)C[C@H]1CC[C@H](c2ccc(NC(=O)CCNC(=O)c3nc(C)oc3C(F)(F)F)cc2)CC1. The molecule has 1 aromatic carbocycles. The van der Waals surface area contributed by atoms with Gasteiger partial charge in [0.15, 0.2) is 11.6 Å². The zero-order valence-electron chi connectivity index (χ0n) is 19.5. The predicted molar refractivity (Wildman–Crippen MR) is 120 cm³/mol. The first-order valence-electron chi connectivity index (χ1n) is 11.4. The molecule has 0 atom stereocenters. The second-order valence-electron chi connectivity index (χ2n) is 8.58. The van der Waals surface area contributed by atoms with Gasteiger partial charge in [-0.05, 0) is 55.2 Å². The average molecular weight is 495 g/mol. The number of benzene rings is 1. The van der Waals surface area contributed by atoms with Crippen LogP contribution in [-0.4, -0.2) is 36.4 Å². The van der Waals surface area contributed by atoms with Crippen molar-refractivity contribution in [2.75, 3.05) is 19.0 Å². The van der Waals surface area contributed by atoms with Crippen LogP contribution in [0.4, 0.5) is 18.9 Å². The molecule has 2 amide bonds. The van der Waals surface area contributed by atoms with Crippen molar-refractivity contribution < 1.29 is 36.7 Å². The standard InChI is InChI=1S/C24H28F3N3O5/c1-14-29-21(22(35-14)24(25,26)27)23(33)28-12-11-19(31)30-18-9-7-17(8-10-18)16-5-3-15(4-6-16)13-20(32)34-2/h7-10,15-16H,3-6,11-13H2,1-2H3,(H,28,33)(H,30,31)/t15-,16-. The van der Waals surface area contributed by atoms with Crippen molar-refractivity contribution in [3.63, 3.8) is 0 Å². The zero-order valence-corrected chi connectivity index (χ0v) is 19.5. The minimum Gasteiger partial charge on any atom is -0.469 e. The molecule has 0 spiro atoms. The summed E-state index contributed by atoms with van der Waals surface area (Å²) in [6.45, 7) is 1.04. The summed E-state index contributed by atoms with van der Waals surface area (Å²) in [7, 11) is 1.40. The summed E-state index contributed by atoms with van der Waals surface area (Å²) in [5.41, 5.74) is 0.886. The Morgan fingerprint density at radius 2 is 1.77 bits per heavy atom. The van der Waals surface area contributed by atoms with Gasteiger partial charge in [0.05, 0.1) is 7.11 Å². The fraction of sp³-hybridized carbons (Fsp3) is 0.500. The predicted octanol–water partition coefficient (Wildman–Crippen LogP) is 4.60. The molecule has 1 aromatic heterocycles. The third-order valence-corrected chi connectivity index (χ3v) is 6.04. The summed E-state index contributed by atoms with van der Waals surface area (Å²) in [6.07, 6.45) is -0.640. The quantitative estimate of drug-likeness (QED) is 0.518. The molecule has 11 heteroatoms. The van der Waals surface area contributed by atoms with Crippen LogP contribution in [0.5, 0.6) is 0 Å². The Bertz CT molecular complexity index is 1040. The van der Waals surface area contributed by atoms with E-state index in [1.165, 1.54) is 14.0 Å². The summed E-state index contributed by atoms with van der Waals surface area (Å²) in [5.74, 6) is -2.63. The monoisotopic (exact) mass is 495 g/mol. The van der Waals surface area contributed by atoms with Gasteiger partial charge >= 0.3 is 12.1 Å². The number of ether oxygens (including phenoxy) is 1. The number of anilines is 1. The molecule has 0 aliphatic heterocycles. The van der Waals surface area contributed by atoms with Crippen LogP contribution in [-0.2, 0) is 20.5 Å². The Balaban J connectivity index is 1.43. The van der Waals surface area contributed by atoms with Gasteiger partial charge in [0.1, 0.15) is 0 Å². The number of carbonyl (C=O) groups excluding carboxylic acids is 3. The van der Waals surface area contributed by atoms with Gasteiger partial charge in [0.25, 0.3) is 5.91 Å². The van der Waals surface area contributed by atoms with E-state index >= 15 is 0 Å². The van der Waals surface area contributed by atoms with Crippen LogP contribution in [0, 0.1) is 12.8 Å². The largest absolute Gasteiger partial charge is 0.469 e. The van der Waals surface area contributed by atoms with Gasteiger partial charge in [-0.1, -0.05) is 12.1 Å². The first-order valence-corrected chi connectivity index (χ1v) is 11.4. The molecule has 0 radical (unpaired) electrons. The molecule has 8 nitrogen and oxygen atoms in total. The number of oxazole rings is 1. The molecule has 0 unspecified atom stereocenters. The van der Waals surface area contributed by atoms with Gasteiger partial charge in [-0.3, -0.25) is 14.4 Å². The van der Waals surface area contributed by atoms with Crippen molar-refractivity contribution in [3.05, 3.63) is 47.2 Å². The zero-order chi connectivity index (χ0) is 25.6. The molecule has 35 heavy (non-hydrogen) atoms. The number of methoxy groups -OCH3 is 1. The van der Waals surface area contributed by atoms with Crippen molar-refractivity contribution in [1.29, 1.82) is 0 Å². The Morgan fingerprint density at radius 3 is 2.37 bits per heavy atom. The second-order valence-corrected chi connectivity index (χ2v) is 8.58. The van der Waals surface area contributed by atoms with Gasteiger partial charge in [-0.15, -0.1) is 0 Å². The first kappa shape index (κ1) is 26.2. The molecule has 1 fully saturated rings. The highest BCUT2D eigenvalue weighted by Crippen LogP contribution is 2.37. The number of hydrogen-bond donors (Lipinski definition) is 2. The van der Waals surface area contributed by atoms with E-state index in [0.29, 0.717) is 23.9 Å². The van der Waals surface area contributed by atoms with Crippen LogP contribution in [0.15, 0.2) is 28.7 Å². The van der Waals surface area contributed by atoms with Crippen molar-refractivity contribution in [1.82, 2.24) is 10.3 Å². The van der Waals surface area contributed by atoms with Crippen molar-refractivity contribution in [3.8, 4) is 0 Å². The number of amides is 2. The van der Waals surface area contributed by atoms with E-state index in [2.05, 4.69) is 20.0 Å². The average Bonchev–Trinajstić information content (AvgIpc) is 3.22. The maximum atomic E-state index is 12.9. The Labute approximate surface area is 200 Å². The number of halogens is 3. The minimum atomic E-state index is -4.85. The first-order chi connectivity index (χ1) is 16.6. The molecule has 2 aromatic rings. The molecular formula is C24H28F3N3O5. The van der Waals surface area contributed by atoms with Gasteiger partial charge < -0.3 is 19.8 Å². The summed E-state index contributed by atoms with van der Waals surface area (Å²) in [5, 5.41) is 4.97. The lowest BCUT2D eigenvalue weighted by Gasteiger charge is -2.28. The van der Waals surface area contributed by atoms with Crippen molar-refractivity contribution in [2.24, 2.45) is 5.92 Å². The van der Waals surface area contributed by atoms with Crippen molar-refractivity contribution >= 4 is 23.5 Å². The molecule has 1 aliphatic rings. The molecular weight excluding hydrogens is 467 g/mol. The molecule has 3 rings (SSSR count). The number of aromatic nitrogens is 1. The summed E-state index contributed by atoms with van der Waals surface area (Å²) >= 11 is 0. The fourth-order valence-corrected chi connectivity index (χ4v) is 4.23. The topological polar surface area (TPSA) is 111 Å². The highest BCUT2D eigenvalue weighted by molar-refractivity contribution is 5.94. The molecule has 1 heterocycles. The third-order valence-electron chi connectivity index (χ3n) is 6.04. The molecule has 190 valence electrons. The number of nitrogens with zero attached hydrogens (tertiary/aromatic N) is 1. The lowest BCUT2D eigenvalue weighted by molar-refractivity contribution is -0.153. The molecule has 1 aliphatic carbocycles. The van der Waals surface area contributed by atoms with Gasteiger partial charge in [0, 0.05) is 32.0 Å². The van der Waals surface area contributed by atoms with Crippen LogP contribution in [0.3, 0.4) is 0 Å². The van der Waals surface area contributed by atoms with Crippen LogP contribution in [0.2, 0.25) is 0 Å². The van der Waals surface area contributed by atoms with Crippen molar-refractivity contribution in [2.45, 2.75) is 57.5 Å². The van der Waals surface area contributed by atoms with E-state index in [0.717, 1.165) is 31.2 Å². The van der Waals surface area contributed by atoms with E-state index in [1.807, 2.05) is 12.1 Å². The minimum absolute atomic E-state index is 0.129. The van der Waals surface area contributed by atoms with E-state index in [9.17, 15) is 27.6 Å². The van der Waals surface area contributed by atoms with Gasteiger partial charge in [0.2, 0.25) is 11.7 Å². The number of hydrogen-bond acceptors (Lipinski definition) is 6. The van der Waals surface area contributed by atoms with Crippen LogP contribution in [0.1, 0.15) is 72.1 Å². The number of rotatable bonds is 8. The Hall–Kier alpha value is -3.37. The lowest BCUT2D eigenvalue weighted by Crippen LogP contribution is -2.29. The smallest absolute Gasteiger partial charge is 0.452 e. The molecule has 2 N–H and O–H groups in total. The lowest BCUT2D eigenvalue weighted by atomic mass is 9.77. The van der Waals surface area contributed by atoms with Crippen LogP contribution >= 0.6 is 0 Å². The van der Waals surface area contributed by atoms with E-state index in [4.69, 9.17) is 4.74 Å². The molecule has 1 saturated carbocycles. The second kappa shape index (κ2) is 11.4. The highest BCUT2D eigenvalue weighted by Gasteiger charge is 2.41. The van der Waals surface area contributed by atoms with Gasteiger partial charge in [-0.2, -0.15) is 13.2 Å². The number of carbonyl (C=O) groups is 3. The highest BCUT2D eigenvalue weighted by atomic mass is 19.4. The number of nitrogens with one attached hydrogen (secondary N) is 2. The molecule has 0 bridgehead atoms. The van der Waals surface area contributed by atoms with Crippen LogP contribution in [0.25, 0.3) is 0 Å². The third kappa shape index (κ3) is 7.30. The van der Waals surface area contributed by atoms with Crippen LogP contribution < -0.4 is 10.6 Å². The van der Waals surface area contributed by atoms with Gasteiger partial charge in [-0.25, -0.2) is 4.98 Å². The molecule has 0 saturated heterocycles. The number of alkyl halides is 3. The van der Waals surface area contributed by atoms with E-state index in [1.54, 1.807) is 12.1 Å². The fourth-order valence-electron chi connectivity index (χ4n) is 4.23. The normalized spacial score (nSPS) is 18.1. The summed E-state index contributed by atoms with van der Waals surface area (Å²) in [4.78, 5) is 39.2. The summed E-state index contributed by atoms with van der Waals surface area (Å²) < 4.78 is 48.1. The van der Waals surface area contributed by atoms with E-state index < -0.39 is 29.4 Å². The maximum Gasteiger partial charge on any atom is 0.452 e. The van der Waals surface area contributed by atoms with E-state index in [-0.39, 0.29) is 24.8 Å². The Morgan fingerprint density at radius 1 is 1.11 bits per heavy atom. The number of aryl methyl sites for hydroxylation is 1. The summed E-state index contributed by atoms with van der Waals surface area (Å²) in [6, 6.07) is 7.49.